The van der Waals surface area contributed by atoms with Gasteiger partial charge in [0.15, 0.2) is 23.2 Å². The number of rotatable bonds is 7. The first-order valence-electron chi connectivity index (χ1n) is 12.1. The molecule has 3 aromatic rings. The van der Waals surface area contributed by atoms with Crippen LogP contribution < -0.4 is 4.74 Å². The molecule has 0 unspecified atom stereocenters. The Morgan fingerprint density at radius 1 is 0.886 bits per heavy atom. The number of ether oxygens (including phenoxy) is 2. The van der Waals surface area contributed by atoms with Gasteiger partial charge in [-0.1, -0.05) is 43.3 Å². The number of carbonyl (C=O) groups is 1. The van der Waals surface area contributed by atoms with Crippen LogP contribution in [0.3, 0.4) is 0 Å². The molecule has 4 rings (SSSR count). The van der Waals surface area contributed by atoms with Crippen LogP contribution in [-0.4, -0.2) is 18.7 Å². The largest absolute Gasteiger partial charge is 0.491 e. The predicted molar refractivity (Wildman–Crippen MR) is 129 cm³/mol. The first-order chi connectivity index (χ1) is 16.9. The molecule has 0 aromatic heterocycles. The number of benzene rings is 3. The summed E-state index contributed by atoms with van der Waals surface area (Å²) in [7, 11) is 0. The number of aryl methyl sites for hydroxylation is 1. The topological polar surface area (TPSA) is 35.5 Å². The Kier molecular flexibility index (Phi) is 7.79. The summed E-state index contributed by atoms with van der Waals surface area (Å²) in [6.45, 7) is 4.11. The third-order valence-electron chi connectivity index (χ3n) is 6.64. The molecule has 0 atom stereocenters. The van der Waals surface area contributed by atoms with Crippen molar-refractivity contribution in [2.75, 3.05) is 6.61 Å². The molecular formula is C29H29F3O3. The van der Waals surface area contributed by atoms with Gasteiger partial charge in [0.05, 0.1) is 12.2 Å². The third-order valence-corrected chi connectivity index (χ3v) is 6.64. The van der Waals surface area contributed by atoms with E-state index in [1.807, 2.05) is 31.2 Å². The van der Waals surface area contributed by atoms with Crippen LogP contribution in [0.4, 0.5) is 13.2 Å². The first kappa shape index (κ1) is 24.8. The van der Waals surface area contributed by atoms with Crippen molar-refractivity contribution in [3.63, 3.8) is 0 Å². The maximum Gasteiger partial charge on any atom is 0.338 e. The minimum Gasteiger partial charge on any atom is -0.491 e. The van der Waals surface area contributed by atoms with E-state index < -0.39 is 23.4 Å². The summed E-state index contributed by atoms with van der Waals surface area (Å²) in [5, 5.41) is 0. The highest BCUT2D eigenvalue weighted by Gasteiger charge is 2.28. The number of halogens is 3. The SMILES string of the molecule is CCOc1ccc(C(=O)OC2CCC(c3ccc(-c4ccc(CC)cc4)c(F)c3F)CC2)cc1F. The van der Waals surface area contributed by atoms with Gasteiger partial charge in [0, 0.05) is 5.56 Å². The van der Waals surface area contributed by atoms with E-state index in [0.717, 1.165) is 18.1 Å². The van der Waals surface area contributed by atoms with Gasteiger partial charge in [-0.05, 0) is 79.8 Å². The lowest BCUT2D eigenvalue weighted by molar-refractivity contribution is 0.0193. The quantitative estimate of drug-likeness (QED) is 0.325. The molecular weight excluding hydrogens is 453 g/mol. The Hall–Kier alpha value is -3.28. The van der Waals surface area contributed by atoms with Crippen molar-refractivity contribution in [3.05, 3.63) is 88.7 Å². The smallest absolute Gasteiger partial charge is 0.338 e. The molecule has 1 saturated carbocycles. The molecule has 35 heavy (non-hydrogen) atoms. The Morgan fingerprint density at radius 2 is 1.60 bits per heavy atom. The van der Waals surface area contributed by atoms with Gasteiger partial charge >= 0.3 is 5.97 Å². The molecule has 184 valence electrons. The second kappa shape index (κ2) is 11.0. The molecule has 1 aliphatic rings. The summed E-state index contributed by atoms with van der Waals surface area (Å²) in [5.74, 6) is -2.94. The number of hydrogen-bond acceptors (Lipinski definition) is 3. The Labute approximate surface area is 203 Å². The molecule has 0 radical (unpaired) electrons. The number of carbonyl (C=O) groups excluding carboxylic acids is 1. The molecule has 0 spiro atoms. The summed E-state index contributed by atoms with van der Waals surface area (Å²) in [5.41, 5.74) is 2.50. The van der Waals surface area contributed by atoms with E-state index in [-0.39, 0.29) is 28.9 Å². The molecule has 0 aliphatic heterocycles. The lowest BCUT2D eigenvalue weighted by atomic mass is 9.82. The molecule has 6 heteroatoms. The zero-order valence-corrected chi connectivity index (χ0v) is 20.0. The van der Waals surface area contributed by atoms with Crippen LogP contribution in [0.15, 0.2) is 54.6 Å². The van der Waals surface area contributed by atoms with Gasteiger partial charge in [-0.15, -0.1) is 0 Å². The van der Waals surface area contributed by atoms with Gasteiger partial charge in [-0.2, -0.15) is 0 Å². The number of hydrogen-bond donors (Lipinski definition) is 0. The van der Waals surface area contributed by atoms with E-state index in [4.69, 9.17) is 9.47 Å². The summed E-state index contributed by atoms with van der Waals surface area (Å²) in [6.07, 6.45) is 2.71. The molecule has 0 N–H and O–H groups in total. The molecule has 0 heterocycles. The van der Waals surface area contributed by atoms with E-state index in [9.17, 15) is 13.6 Å². The molecule has 0 saturated heterocycles. The first-order valence-corrected chi connectivity index (χ1v) is 12.1. The predicted octanol–water partition coefficient (Wildman–Crippen LogP) is 7.62. The third kappa shape index (κ3) is 5.53. The fourth-order valence-corrected chi connectivity index (χ4v) is 4.63. The van der Waals surface area contributed by atoms with Crippen molar-refractivity contribution < 1.29 is 27.4 Å². The van der Waals surface area contributed by atoms with Gasteiger partial charge in [0.2, 0.25) is 0 Å². The van der Waals surface area contributed by atoms with E-state index in [1.54, 1.807) is 19.1 Å². The van der Waals surface area contributed by atoms with Crippen molar-refractivity contribution in [3.8, 4) is 16.9 Å². The molecule has 3 nitrogen and oxygen atoms in total. The van der Waals surface area contributed by atoms with Gasteiger partial charge < -0.3 is 9.47 Å². The fraction of sp³-hybridized carbons (Fsp3) is 0.345. The maximum absolute atomic E-state index is 15.0. The standard InChI is InChI=1S/C29H29F3O3/c1-3-18-5-7-19(8-6-18)23-14-15-24(28(32)27(23)31)20-9-12-22(13-10-20)35-29(33)21-11-16-26(34-4-2)25(30)17-21/h5-8,11,14-17,20,22H,3-4,9-10,12-13H2,1-2H3. The highest BCUT2D eigenvalue weighted by molar-refractivity contribution is 5.89. The lowest BCUT2D eigenvalue weighted by Crippen LogP contribution is -2.24. The van der Waals surface area contributed by atoms with Crippen molar-refractivity contribution >= 4 is 5.97 Å². The second-order valence-electron chi connectivity index (χ2n) is 8.84. The Bertz CT molecular complexity index is 1180. The summed E-state index contributed by atoms with van der Waals surface area (Å²) < 4.78 is 54.7. The van der Waals surface area contributed by atoms with Crippen LogP contribution >= 0.6 is 0 Å². The second-order valence-corrected chi connectivity index (χ2v) is 8.84. The zero-order valence-electron chi connectivity index (χ0n) is 20.0. The minimum atomic E-state index is -0.835. The summed E-state index contributed by atoms with van der Waals surface area (Å²) in [6, 6.07) is 14.8. The molecule has 1 aliphatic carbocycles. The van der Waals surface area contributed by atoms with Gasteiger partial charge in [0.25, 0.3) is 0 Å². The van der Waals surface area contributed by atoms with Crippen LogP contribution in [0.5, 0.6) is 5.75 Å². The van der Waals surface area contributed by atoms with Crippen LogP contribution in [0.2, 0.25) is 0 Å². The molecule has 0 amide bonds. The zero-order chi connectivity index (χ0) is 24.9. The van der Waals surface area contributed by atoms with E-state index in [1.165, 1.54) is 12.1 Å². The maximum atomic E-state index is 15.0. The average Bonchev–Trinajstić information content (AvgIpc) is 2.87. The summed E-state index contributed by atoms with van der Waals surface area (Å²) in [4.78, 5) is 12.5. The van der Waals surface area contributed by atoms with E-state index in [0.29, 0.717) is 43.4 Å². The monoisotopic (exact) mass is 482 g/mol. The van der Waals surface area contributed by atoms with Crippen molar-refractivity contribution in [2.24, 2.45) is 0 Å². The van der Waals surface area contributed by atoms with Crippen LogP contribution in [0.25, 0.3) is 11.1 Å². The average molecular weight is 483 g/mol. The molecule has 1 fully saturated rings. The van der Waals surface area contributed by atoms with Crippen LogP contribution in [-0.2, 0) is 11.2 Å². The Morgan fingerprint density at radius 3 is 2.23 bits per heavy atom. The van der Waals surface area contributed by atoms with Gasteiger partial charge in [-0.25, -0.2) is 18.0 Å². The van der Waals surface area contributed by atoms with Crippen LogP contribution in [0, 0.1) is 17.5 Å². The normalized spacial score (nSPS) is 17.7. The van der Waals surface area contributed by atoms with E-state index >= 15 is 4.39 Å². The fourth-order valence-electron chi connectivity index (χ4n) is 4.63. The minimum absolute atomic E-state index is 0.0859. The number of esters is 1. The lowest BCUT2D eigenvalue weighted by Gasteiger charge is -2.29. The van der Waals surface area contributed by atoms with Gasteiger partial charge in [-0.3, -0.25) is 0 Å². The van der Waals surface area contributed by atoms with Crippen molar-refractivity contribution in [1.29, 1.82) is 0 Å². The van der Waals surface area contributed by atoms with Crippen molar-refractivity contribution in [1.82, 2.24) is 0 Å². The Balaban J connectivity index is 1.39. The van der Waals surface area contributed by atoms with Gasteiger partial charge in [0.1, 0.15) is 6.10 Å². The van der Waals surface area contributed by atoms with Crippen molar-refractivity contribution in [2.45, 2.75) is 58.0 Å². The molecule has 0 bridgehead atoms. The highest BCUT2D eigenvalue weighted by atomic mass is 19.2. The molecule has 3 aromatic carbocycles. The van der Waals surface area contributed by atoms with Crippen LogP contribution in [0.1, 0.15) is 66.9 Å². The highest BCUT2D eigenvalue weighted by Crippen LogP contribution is 2.38. The summed E-state index contributed by atoms with van der Waals surface area (Å²) >= 11 is 0. The van der Waals surface area contributed by atoms with E-state index in [2.05, 4.69) is 0 Å².